The first-order valence-electron chi connectivity index (χ1n) is 6.51. The van der Waals surface area contributed by atoms with Crippen molar-refractivity contribution in [2.45, 2.75) is 13.8 Å². The Hall–Kier alpha value is -2.70. The first kappa shape index (κ1) is 14.7. The average Bonchev–Trinajstić information content (AvgIpc) is 2.42. The van der Waals surface area contributed by atoms with Crippen LogP contribution in [0, 0.1) is 17.0 Å². The van der Waals surface area contributed by atoms with Crippen LogP contribution < -0.4 is 10.6 Å². The van der Waals surface area contributed by atoms with E-state index in [1.165, 1.54) is 19.1 Å². The van der Waals surface area contributed by atoms with Crippen LogP contribution in [0.4, 0.5) is 11.4 Å². The SMILES string of the molecule is CC(=O)NCCNc1cc(C)nc2ccc([N+](=O)[O-])cc12. The summed E-state index contributed by atoms with van der Waals surface area (Å²) in [6.07, 6.45) is 0. The topological polar surface area (TPSA) is 97.2 Å². The van der Waals surface area contributed by atoms with Crippen LogP contribution in [0.5, 0.6) is 0 Å². The number of anilines is 1. The third-order valence-electron chi connectivity index (χ3n) is 2.95. The summed E-state index contributed by atoms with van der Waals surface area (Å²) in [5.74, 6) is -0.0943. The van der Waals surface area contributed by atoms with Gasteiger partial charge in [-0.05, 0) is 19.1 Å². The number of carbonyl (C=O) groups excluding carboxylic acids is 1. The number of pyridine rings is 1. The smallest absolute Gasteiger partial charge is 0.270 e. The number of aromatic nitrogens is 1. The monoisotopic (exact) mass is 288 g/mol. The van der Waals surface area contributed by atoms with E-state index in [9.17, 15) is 14.9 Å². The molecule has 0 aliphatic heterocycles. The molecule has 2 N–H and O–H groups in total. The predicted molar refractivity (Wildman–Crippen MR) is 80.3 cm³/mol. The largest absolute Gasteiger partial charge is 0.383 e. The van der Waals surface area contributed by atoms with Gasteiger partial charge < -0.3 is 10.6 Å². The molecule has 0 aliphatic carbocycles. The second-order valence-corrected chi connectivity index (χ2v) is 4.68. The first-order valence-corrected chi connectivity index (χ1v) is 6.51. The summed E-state index contributed by atoms with van der Waals surface area (Å²) in [6.45, 7) is 4.32. The quantitative estimate of drug-likeness (QED) is 0.498. The van der Waals surface area contributed by atoms with Crippen molar-refractivity contribution in [3.05, 3.63) is 40.1 Å². The molecule has 7 heteroatoms. The summed E-state index contributed by atoms with van der Waals surface area (Å²) in [5, 5.41) is 17.4. The highest BCUT2D eigenvalue weighted by Gasteiger charge is 2.10. The van der Waals surface area contributed by atoms with Gasteiger partial charge in [0.1, 0.15) is 0 Å². The Morgan fingerprint density at radius 3 is 2.76 bits per heavy atom. The standard InChI is InChI=1S/C14H16N4O3/c1-9-7-14(16-6-5-15-10(2)19)12-8-11(18(20)21)3-4-13(12)17-9/h3-4,7-8H,5-6H2,1-2H3,(H,15,19)(H,16,17). The molecule has 0 spiro atoms. The van der Waals surface area contributed by atoms with Crippen molar-refractivity contribution in [2.75, 3.05) is 18.4 Å². The van der Waals surface area contributed by atoms with Crippen LogP contribution in [-0.4, -0.2) is 28.9 Å². The lowest BCUT2D eigenvalue weighted by atomic mass is 10.1. The summed E-state index contributed by atoms with van der Waals surface area (Å²) in [6, 6.07) is 6.41. The van der Waals surface area contributed by atoms with Crippen LogP contribution in [0.1, 0.15) is 12.6 Å². The number of amides is 1. The fourth-order valence-electron chi connectivity index (χ4n) is 2.04. The van der Waals surface area contributed by atoms with Crippen LogP contribution in [0.25, 0.3) is 10.9 Å². The van der Waals surface area contributed by atoms with Crippen molar-refractivity contribution < 1.29 is 9.72 Å². The number of aryl methyl sites for hydroxylation is 1. The van der Waals surface area contributed by atoms with E-state index in [1.54, 1.807) is 6.07 Å². The van der Waals surface area contributed by atoms with E-state index >= 15 is 0 Å². The summed E-state index contributed by atoms with van der Waals surface area (Å²) >= 11 is 0. The van der Waals surface area contributed by atoms with Crippen LogP contribution in [0.3, 0.4) is 0 Å². The molecule has 21 heavy (non-hydrogen) atoms. The highest BCUT2D eigenvalue weighted by atomic mass is 16.6. The number of hydrogen-bond donors (Lipinski definition) is 2. The van der Waals surface area contributed by atoms with Gasteiger partial charge in [0.25, 0.3) is 5.69 Å². The van der Waals surface area contributed by atoms with Gasteiger partial charge in [0, 0.05) is 48.9 Å². The van der Waals surface area contributed by atoms with E-state index in [0.717, 1.165) is 11.4 Å². The molecule has 0 saturated heterocycles. The fourth-order valence-corrected chi connectivity index (χ4v) is 2.04. The van der Waals surface area contributed by atoms with Gasteiger partial charge >= 0.3 is 0 Å². The fraction of sp³-hybridized carbons (Fsp3) is 0.286. The Balaban J connectivity index is 2.29. The molecule has 1 amide bonds. The molecule has 110 valence electrons. The van der Waals surface area contributed by atoms with Crippen molar-refractivity contribution in [3.8, 4) is 0 Å². The van der Waals surface area contributed by atoms with Gasteiger partial charge in [-0.1, -0.05) is 0 Å². The average molecular weight is 288 g/mol. The molecule has 0 fully saturated rings. The minimum atomic E-state index is -0.430. The molecular weight excluding hydrogens is 272 g/mol. The lowest BCUT2D eigenvalue weighted by Crippen LogP contribution is -2.26. The van der Waals surface area contributed by atoms with Crippen molar-refractivity contribution >= 4 is 28.2 Å². The molecule has 0 aliphatic rings. The van der Waals surface area contributed by atoms with E-state index in [2.05, 4.69) is 15.6 Å². The first-order chi connectivity index (χ1) is 9.97. The molecule has 0 atom stereocenters. The Kier molecular flexibility index (Phi) is 4.32. The Morgan fingerprint density at radius 1 is 1.33 bits per heavy atom. The minimum absolute atomic E-state index is 0.0260. The molecule has 0 unspecified atom stereocenters. The number of nitrogens with one attached hydrogen (secondary N) is 2. The number of nitrogens with zero attached hydrogens (tertiary/aromatic N) is 2. The maximum atomic E-state index is 10.9. The Bertz CT molecular complexity index is 700. The van der Waals surface area contributed by atoms with Gasteiger partial charge in [0.05, 0.1) is 10.4 Å². The van der Waals surface area contributed by atoms with Crippen LogP contribution in [0.2, 0.25) is 0 Å². The predicted octanol–water partition coefficient (Wildman–Crippen LogP) is 2.00. The molecule has 7 nitrogen and oxygen atoms in total. The molecule has 1 heterocycles. The minimum Gasteiger partial charge on any atom is -0.383 e. The van der Waals surface area contributed by atoms with Crippen LogP contribution >= 0.6 is 0 Å². The number of nitro benzene ring substituents is 1. The molecule has 0 bridgehead atoms. The van der Waals surface area contributed by atoms with Crippen molar-refractivity contribution in [3.63, 3.8) is 0 Å². The molecule has 2 aromatic rings. The molecule has 2 rings (SSSR count). The number of rotatable bonds is 5. The second-order valence-electron chi connectivity index (χ2n) is 4.68. The van der Waals surface area contributed by atoms with Crippen molar-refractivity contribution in [1.29, 1.82) is 0 Å². The van der Waals surface area contributed by atoms with Crippen LogP contribution in [0.15, 0.2) is 24.3 Å². The van der Waals surface area contributed by atoms with Crippen molar-refractivity contribution in [1.82, 2.24) is 10.3 Å². The Morgan fingerprint density at radius 2 is 2.10 bits per heavy atom. The van der Waals surface area contributed by atoms with Crippen molar-refractivity contribution in [2.24, 2.45) is 0 Å². The number of fused-ring (bicyclic) bond motifs is 1. The van der Waals surface area contributed by atoms with Gasteiger partial charge in [0.15, 0.2) is 0 Å². The van der Waals surface area contributed by atoms with E-state index in [-0.39, 0.29) is 11.6 Å². The maximum absolute atomic E-state index is 10.9. The highest BCUT2D eigenvalue weighted by molar-refractivity contribution is 5.93. The maximum Gasteiger partial charge on any atom is 0.270 e. The zero-order valence-corrected chi connectivity index (χ0v) is 11.8. The van der Waals surface area contributed by atoms with E-state index in [0.29, 0.717) is 24.0 Å². The number of nitro groups is 1. The highest BCUT2D eigenvalue weighted by Crippen LogP contribution is 2.26. The summed E-state index contributed by atoms with van der Waals surface area (Å²) in [4.78, 5) is 25.6. The molecule has 1 aromatic heterocycles. The van der Waals surface area contributed by atoms with E-state index in [4.69, 9.17) is 0 Å². The molecule has 0 saturated carbocycles. The number of carbonyl (C=O) groups is 1. The number of non-ortho nitro benzene ring substituents is 1. The van der Waals surface area contributed by atoms with Gasteiger partial charge in [-0.2, -0.15) is 0 Å². The van der Waals surface area contributed by atoms with Gasteiger partial charge in [-0.3, -0.25) is 19.9 Å². The molecular formula is C14H16N4O3. The van der Waals surface area contributed by atoms with Gasteiger partial charge in [-0.15, -0.1) is 0 Å². The Labute approximate surface area is 121 Å². The van der Waals surface area contributed by atoms with E-state index < -0.39 is 4.92 Å². The number of hydrogen-bond acceptors (Lipinski definition) is 5. The normalized spacial score (nSPS) is 10.4. The third kappa shape index (κ3) is 3.65. The second kappa shape index (κ2) is 6.17. The zero-order valence-electron chi connectivity index (χ0n) is 11.8. The molecule has 0 radical (unpaired) electrons. The lowest BCUT2D eigenvalue weighted by molar-refractivity contribution is -0.384. The lowest BCUT2D eigenvalue weighted by Gasteiger charge is -2.11. The third-order valence-corrected chi connectivity index (χ3v) is 2.95. The summed E-state index contributed by atoms with van der Waals surface area (Å²) < 4.78 is 0. The summed E-state index contributed by atoms with van der Waals surface area (Å²) in [5.41, 5.74) is 2.31. The summed E-state index contributed by atoms with van der Waals surface area (Å²) in [7, 11) is 0. The van der Waals surface area contributed by atoms with E-state index in [1.807, 2.05) is 13.0 Å². The van der Waals surface area contributed by atoms with Gasteiger partial charge in [0.2, 0.25) is 5.91 Å². The van der Waals surface area contributed by atoms with Gasteiger partial charge in [-0.25, -0.2) is 0 Å². The molecule has 1 aromatic carbocycles. The van der Waals surface area contributed by atoms with Crippen LogP contribution in [-0.2, 0) is 4.79 Å². The number of benzene rings is 1. The zero-order chi connectivity index (χ0) is 15.4.